The Labute approximate surface area is 220 Å². The molecule has 0 fully saturated rings. The summed E-state index contributed by atoms with van der Waals surface area (Å²) in [5.74, 6) is 0.752. The normalized spacial score (nSPS) is 12.4. The lowest BCUT2D eigenvalue weighted by Crippen LogP contribution is -2.41. The molecule has 0 spiro atoms. The van der Waals surface area contributed by atoms with E-state index >= 15 is 0 Å². The van der Waals surface area contributed by atoms with Crippen LogP contribution in [0.1, 0.15) is 43.0 Å². The molecule has 1 atom stereocenters. The number of imidazole rings is 1. The number of thiophene rings is 1. The van der Waals surface area contributed by atoms with Gasteiger partial charge < -0.3 is 20.7 Å². The summed E-state index contributed by atoms with van der Waals surface area (Å²) in [4.78, 5) is 33.2. The smallest absolute Gasteiger partial charge is 0.332 e. The van der Waals surface area contributed by atoms with Crippen LogP contribution in [0.3, 0.4) is 0 Å². The van der Waals surface area contributed by atoms with Crippen LogP contribution in [-0.4, -0.2) is 43.0 Å². The van der Waals surface area contributed by atoms with E-state index < -0.39 is 6.10 Å². The largest absolute Gasteiger partial charge is 0.399 e. The number of nitrogens with one attached hydrogen (secondary N) is 1. The zero-order valence-electron chi connectivity index (χ0n) is 21.5. The van der Waals surface area contributed by atoms with Crippen LogP contribution in [0.2, 0.25) is 0 Å². The maximum atomic E-state index is 13.6. The SMILES string of the molecule is CCCn1c(=O)c2c(nc(Cc3cccs3)n2CCNCC(O)CC)n(CCc2ccc(N)cc2)c1=O. The van der Waals surface area contributed by atoms with Crippen molar-refractivity contribution in [2.75, 3.05) is 18.8 Å². The molecule has 10 heteroatoms. The van der Waals surface area contributed by atoms with E-state index in [2.05, 4.69) is 5.32 Å². The van der Waals surface area contributed by atoms with Gasteiger partial charge in [-0.15, -0.1) is 11.3 Å². The summed E-state index contributed by atoms with van der Waals surface area (Å²) in [6, 6.07) is 11.7. The van der Waals surface area contributed by atoms with Crippen molar-refractivity contribution in [3.05, 3.63) is 78.9 Å². The van der Waals surface area contributed by atoms with E-state index in [9.17, 15) is 14.7 Å². The minimum Gasteiger partial charge on any atom is -0.399 e. The molecule has 4 aromatic rings. The first kappa shape index (κ1) is 26.8. The van der Waals surface area contributed by atoms with Crippen molar-refractivity contribution in [2.24, 2.45) is 0 Å². The Bertz CT molecular complexity index is 1420. The predicted octanol–water partition coefficient (Wildman–Crippen LogP) is 2.61. The second-order valence-corrected chi connectivity index (χ2v) is 10.3. The Kier molecular flexibility index (Phi) is 8.96. The number of aliphatic hydroxyl groups excluding tert-OH is 1. The number of nitrogen functional groups attached to an aromatic ring is 1. The molecule has 3 aromatic heterocycles. The van der Waals surface area contributed by atoms with Crippen molar-refractivity contribution in [1.29, 1.82) is 0 Å². The van der Waals surface area contributed by atoms with Crippen molar-refractivity contribution in [2.45, 2.75) is 65.3 Å². The number of aliphatic hydroxyl groups is 1. The molecule has 3 heterocycles. The third-order valence-corrected chi connectivity index (χ3v) is 7.40. The molecule has 0 aliphatic rings. The van der Waals surface area contributed by atoms with E-state index in [1.165, 1.54) is 4.57 Å². The molecule has 0 bridgehead atoms. The average molecular weight is 525 g/mol. The fourth-order valence-corrected chi connectivity index (χ4v) is 5.13. The molecule has 1 unspecified atom stereocenters. The minimum atomic E-state index is -0.412. The van der Waals surface area contributed by atoms with Gasteiger partial charge in [-0.05, 0) is 48.4 Å². The number of rotatable bonds is 13. The highest BCUT2D eigenvalue weighted by atomic mass is 32.1. The molecule has 0 saturated heterocycles. The summed E-state index contributed by atoms with van der Waals surface area (Å²) in [6.07, 6.45) is 2.12. The maximum Gasteiger partial charge on any atom is 0.332 e. The van der Waals surface area contributed by atoms with E-state index in [4.69, 9.17) is 10.7 Å². The summed E-state index contributed by atoms with van der Waals surface area (Å²) < 4.78 is 4.94. The van der Waals surface area contributed by atoms with Gasteiger partial charge in [-0.1, -0.05) is 32.0 Å². The molecule has 0 aliphatic heterocycles. The zero-order valence-corrected chi connectivity index (χ0v) is 22.3. The van der Waals surface area contributed by atoms with Crippen molar-refractivity contribution < 1.29 is 5.11 Å². The fourth-order valence-electron chi connectivity index (χ4n) is 4.43. The minimum absolute atomic E-state index is 0.302. The highest BCUT2D eigenvalue weighted by molar-refractivity contribution is 7.09. The standard InChI is InChI=1S/C27H36N6O3S/c1-3-13-33-26(35)24-25(32(27(33)36)14-11-19-7-9-20(28)10-8-19)30-23(17-22-6-5-16-37-22)31(24)15-12-29-18-21(34)4-2/h5-10,16,21,29,34H,3-4,11-15,17-18,28H2,1-2H3. The number of nitrogens with zero attached hydrogens (tertiary/aromatic N) is 4. The summed E-state index contributed by atoms with van der Waals surface area (Å²) in [7, 11) is 0. The molecule has 0 aliphatic carbocycles. The molecule has 0 radical (unpaired) electrons. The molecule has 198 valence electrons. The first-order valence-corrected chi connectivity index (χ1v) is 13.8. The van der Waals surface area contributed by atoms with Gasteiger partial charge in [0.1, 0.15) is 5.82 Å². The molecular formula is C27H36N6O3S. The number of hydrogen-bond acceptors (Lipinski definition) is 7. The molecule has 0 saturated carbocycles. The summed E-state index contributed by atoms with van der Waals surface area (Å²) in [5.41, 5.74) is 7.83. The number of benzene rings is 1. The van der Waals surface area contributed by atoms with Gasteiger partial charge in [-0.2, -0.15) is 0 Å². The van der Waals surface area contributed by atoms with Crippen molar-refractivity contribution in [1.82, 2.24) is 24.0 Å². The first-order chi connectivity index (χ1) is 17.9. The van der Waals surface area contributed by atoms with E-state index in [1.807, 2.05) is 60.2 Å². The van der Waals surface area contributed by atoms with Crippen LogP contribution in [-0.2, 0) is 32.5 Å². The lowest BCUT2D eigenvalue weighted by atomic mass is 10.1. The molecule has 1 aromatic carbocycles. The topological polar surface area (TPSA) is 120 Å². The predicted molar refractivity (Wildman–Crippen MR) is 149 cm³/mol. The fraction of sp³-hybridized carbons (Fsp3) is 0.444. The van der Waals surface area contributed by atoms with Crippen LogP contribution in [0, 0.1) is 0 Å². The Hall–Kier alpha value is -3.21. The lowest BCUT2D eigenvalue weighted by Gasteiger charge is -2.14. The van der Waals surface area contributed by atoms with Gasteiger partial charge in [0, 0.05) is 49.7 Å². The van der Waals surface area contributed by atoms with Gasteiger partial charge in [-0.25, -0.2) is 9.78 Å². The van der Waals surface area contributed by atoms with Gasteiger partial charge in [0.2, 0.25) is 0 Å². The van der Waals surface area contributed by atoms with Gasteiger partial charge in [0.15, 0.2) is 11.2 Å². The van der Waals surface area contributed by atoms with Crippen LogP contribution in [0.5, 0.6) is 0 Å². The highest BCUT2D eigenvalue weighted by Gasteiger charge is 2.22. The maximum absolute atomic E-state index is 13.6. The first-order valence-electron chi connectivity index (χ1n) is 12.9. The van der Waals surface area contributed by atoms with Crippen LogP contribution in [0.4, 0.5) is 5.69 Å². The molecule has 4 N–H and O–H groups in total. The van der Waals surface area contributed by atoms with Crippen LogP contribution in [0.15, 0.2) is 51.4 Å². The molecule has 4 rings (SSSR count). The molecule has 9 nitrogen and oxygen atoms in total. The Morgan fingerprint density at radius 3 is 2.51 bits per heavy atom. The Balaban J connectivity index is 1.78. The van der Waals surface area contributed by atoms with Crippen molar-refractivity contribution in [3.8, 4) is 0 Å². The van der Waals surface area contributed by atoms with Crippen LogP contribution < -0.4 is 22.3 Å². The van der Waals surface area contributed by atoms with Gasteiger partial charge in [0.25, 0.3) is 5.56 Å². The number of aromatic nitrogens is 4. The summed E-state index contributed by atoms with van der Waals surface area (Å²) >= 11 is 1.64. The van der Waals surface area contributed by atoms with E-state index in [1.54, 1.807) is 15.9 Å². The highest BCUT2D eigenvalue weighted by Crippen LogP contribution is 2.19. The monoisotopic (exact) mass is 524 g/mol. The third-order valence-electron chi connectivity index (χ3n) is 6.52. The second-order valence-electron chi connectivity index (χ2n) is 9.26. The molecule has 0 amide bonds. The Morgan fingerprint density at radius 1 is 1.05 bits per heavy atom. The summed E-state index contributed by atoms with van der Waals surface area (Å²) in [5, 5.41) is 15.2. The number of hydrogen-bond donors (Lipinski definition) is 3. The van der Waals surface area contributed by atoms with E-state index in [-0.39, 0.29) is 11.2 Å². The molecular weight excluding hydrogens is 488 g/mol. The van der Waals surface area contributed by atoms with Gasteiger partial charge in [-0.3, -0.25) is 13.9 Å². The zero-order chi connectivity index (χ0) is 26.4. The van der Waals surface area contributed by atoms with Crippen molar-refractivity contribution in [3.63, 3.8) is 0 Å². The molecule has 37 heavy (non-hydrogen) atoms. The summed E-state index contributed by atoms with van der Waals surface area (Å²) in [6.45, 7) is 6.20. The van der Waals surface area contributed by atoms with E-state index in [0.29, 0.717) is 75.3 Å². The Morgan fingerprint density at radius 2 is 1.84 bits per heavy atom. The van der Waals surface area contributed by atoms with Crippen LogP contribution in [0.25, 0.3) is 11.2 Å². The third kappa shape index (κ3) is 6.20. The second kappa shape index (κ2) is 12.4. The lowest BCUT2D eigenvalue weighted by molar-refractivity contribution is 0.167. The average Bonchev–Trinajstić information content (AvgIpc) is 3.53. The number of nitrogens with two attached hydrogens (primary N) is 1. The van der Waals surface area contributed by atoms with Gasteiger partial charge in [0.05, 0.1) is 6.10 Å². The van der Waals surface area contributed by atoms with Crippen LogP contribution >= 0.6 is 11.3 Å². The number of anilines is 1. The number of fused-ring (bicyclic) bond motifs is 1. The quantitative estimate of drug-likeness (QED) is 0.183. The van der Waals surface area contributed by atoms with E-state index in [0.717, 1.165) is 16.3 Å². The van der Waals surface area contributed by atoms with Crippen molar-refractivity contribution >= 4 is 28.2 Å². The van der Waals surface area contributed by atoms with Gasteiger partial charge >= 0.3 is 5.69 Å². The number of aryl methyl sites for hydroxylation is 2.